The van der Waals surface area contributed by atoms with E-state index in [0.29, 0.717) is 50.1 Å². The molecule has 2 atom stereocenters. The van der Waals surface area contributed by atoms with Crippen molar-refractivity contribution in [3.8, 4) is 0 Å². The van der Waals surface area contributed by atoms with E-state index in [1.165, 1.54) is 11.8 Å². The van der Waals surface area contributed by atoms with E-state index in [2.05, 4.69) is 0 Å². The van der Waals surface area contributed by atoms with Gasteiger partial charge < -0.3 is 9.64 Å². The number of hydrogen-bond donors (Lipinski definition) is 0. The normalized spacial score (nSPS) is 20.6. The number of thioether (sulfide) groups is 1. The lowest BCUT2D eigenvalue weighted by molar-refractivity contribution is -0.134. The summed E-state index contributed by atoms with van der Waals surface area (Å²) in [5.41, 5.74) is 2.68. The summed E-state index contributed by atoms with van der Waals surface area (Å²) in [4.78, 5) is 39.8. The highest BCUT2D eigenvalue weighted by molar-refractivity contribution is 8.15. The zero-order valence-electron chi connectivity index (χ0n) is 18.5. The van der Waals surface area contributed by atoms with Gasteiger partial charge in [-0.15, -0.1) is 0 Å². The van der Waals surface area contributed by atoms with Crippen molar-refractivity contribution >= 4 is 40.3 Å². The first-order valence-electron chi connectivity index (χ1n) is 11.3. The maximum atomic E-state index is 13.5. The van der Waals surface area contributed by atoms with Gasteiger partial charge in [-0.2, -0.15) is 0 Å². The van der Waals surface area contributed by atoms with Crippen LogP contribution in [-0.2, 0) is 20.7 Å². The Morgan fingerprint density at radius 2 is 1.85 bits per heavy atom. The predicted octanol–water partition coefficient (Wildman–Crippen LogP) is 3.26. The third-order valence-electron chi connectivity index (χ3n) is 6.04. The molecule has 0 N–H and O–H groups in total. The predicted molar refractivity (Wildman–Crippen MR) is 130 cm³/mol. The van der Waals surface area contributed by atoms with E-state index in [9.17, 15) is 9.59 Å². The third-order valence-corrected chi connectivity index (χ3v) is 7.34. The maximum Gasteiger partial charge on any atom is 0.259 e. The zero-order chi connectivity index (χ0) is 22.8. The Labute approximate surface area is 197 Å². The van der Waals surface area contributed by atoms with Gasteiger partial charge in [-0.05, 0) is 24.1 Å². The molecule has 3 heterocycles. The molecule has 0 saturated carbocycles. The van der Waals surface area contributed by atoms with Crippen LogP contribution in [-0.4, -0.2) is 70.2 Å². The van der Waals surface area contributed by atoms with Gasteiger partial charge in [0, 0.05) is 25.1 Å². The number of amidine groups is 2. The van der Waals surface area contributed by atoms with Crippen molar-refractivity contribution in [2.75, 3.05) is 26.3 Å². The van der Waals surface area contributed by atoms with E-state index in [1.54, 1.807) is 4.90 Å². The Balaban J connectivity index is 1.44. The molecule has 0 spiro atoms. The summed E-state index contributed by atoms with van der Waals surface area (Å²) in [5, 5.41) is 0.204. The number of amides is 2. The van der Waals surface area contributed by atoms with Crippen LogP contribution < -0.4 is 0 Å². The van der Waals surface area contributed by atoms with Crippen molar-refractivity contribution < 1.29 is 14.3 Å². The van der Waals surface area contributed by atoms with E-state index in [1.807, 2.05) is 66.4 Å². The molecule has 3 aliphatic heterocycles. The van der Waals surface area contributed by atoms with Gasteiger partial charge in [0.15, 0.2) is 5.17 Å². The Morgan fingerprint density at radius 3 is 2.61 bits per heavy atom. The lowest BCUT2D eigenvalue weighted by Gasteiger charge is -2.31. The van der Waals surface area contributed by atoms with Crippen LogP contribution in [0.4, 0.5) is 5.69 Å². The Bertz CT molecular complexity index is 1110. The molecule has 1 saturated heterocycles. The summed E-state index contributed by atoms with van der Waals surface area (Å²) in [5.74, 6) is 0.601. The van der Waals surface area contributed by atoms with Gasteiger partial charge in [0.2, 0.25) is 5.91 Å². The minimum Gasteiger partial charge on any atom is -0.378 e. The monoisotopic (exact) mass is 462 g/mol. The van der Waals surface area contributed by atoms with Crippen LogP contribution in [0.15, 0.2) is 64.6 Å². The molecule has 0 unspecified atom stereocenters. The number of morpholine rings is 1. The van der Waals surface area contributed by atoms with Gasteiger partial charge in [-0.1, -0.05) is 61.2 Å². The molecule has 0 bridgehead atoms. The van der Waals surface area contributed by atoms with Gasteiger partial charge in [0.25, 0.3) is 5.91 Å². The molecular formula is C25H26N4O3S. The van der Waals surface area contributed by atoms with Gasteiger partial charge in [0.05, 0.1) is 24.2 Å². The summed E-state index contributed by atoms with van der Waals surface area (Å²) in [6, 6.07) is 17.1. The molecule has 2 aromatic carbocycles. The topological polar surface area (TPSA) is 74.6 Å². The maximum absolute atomic E-state index is 13.5. The summed E-state index contributed by atoms with van der Waals surface area (Å²) in [6.45, 7) is 4.30. The fourth-order valence-electron chi connectivity index (χ4n) is 4.27. The van der Waals surface area contributed by atoms with Crippen molar-refractivity contribution in [3.05, 3.63) is 65.7 Å². The average Bonchev–Trinajstić information content (AvgIpc) is 3.19. The van der Waals surface area contributed by atoms with Crippen LogP contribution in [0.3, 0.4) is 0 Å². The van der Waals surface area contributed by atoms with E-state index < -0.39 is 6.04 Å². The van der Waals surface area contributed by atoms with E-state index in [4.69, 9.17) is 14.7 Å². The number of nitrogens with zero attached hydrogens (tertiary/aromatic N) is 4. The Hall–Kier alpha value is -2.97. The first-order chi connectivity index (χ1) is 16.2. The number of hydrogen-bond acceptors (Lipinski definition) is 6. The largest absolute Gasteiger partial charge is 0.378 e. The fourth-order valence-corrected chi connectivity index (χ4v) is 5.38. The van der Waals surface area contributed by atoms with Crippen LogP contribution in [0.1, 0.15) is 24.5 Å². The standard InChI is InChI=1S/C25H26N4O3S/c1-2-21(24(31)28-12-14-32-15-13-28)33-25-27-19-11-7-6-10-18(19)22-26-20(23(30)29(22)25)16-17-8-4-3-5-9-17/h3-11,20-21H,2,12-16H2,1H3/t20-,21+/m0/s1. The number of rotatable bonds is 5. The molecule has 170 valence electrons. The summed E-state index contributed by atoms with van der Waals surface area (Å²) in [7, 11) is 0. The van der Waals surface area contributed by atoms with E-state index in [0.717, 1.165) is 16.8 Å². The smallest absolute Gasteiger partial charge is 0.259 e. The molecule has 3 aliphatic rings. The molecule has 1 fully saturated rings. The molecule has 2 aromatic rings. The first kappa shape index (κ1) is 21.9. The molecule has 7 nitrogen and oxygen atoms in total. The molecule has 5 rings (SSSR count). The van der Waals surface area contributed by atoms with Gasteiger partial charge in [-0.3, -0.25) is 14.6 Å². The highest BCUT2D eigenvalue weighted by Crippen LogP contribution is 2.36. The second-order valence-corrected chi connectivity index (χ2v) is 9.37. The minimum absolute atomic E-state index is 0.0679. The number of benzene rings is 2. The average molecular weight is 463 g/mol. The SMILES string of the molecule is CC[C@@H](SC1=Nc2ccccc2C2=N[C@@H](Cc3ccccc3)C(=O)N12)C(=O)N1CCOCC1. The number of carbonyl (C=O) groups is 2. The van der Waals surface area contributed by atoms with Crippen LogP contribution >= 0.6 is 11.8 Å². The molecule has 8 heteroatoms. The fraction of sp³-hybridized carbons (Fsp3) is 0.360. The van der Waals surface area contributed by atoms with E-state index >= 15 is 0 Å². The van der Waals surface area contributed by atoms with Crippen LogP contribution in [0.25, 0.3) is 0 Å². The lowest BCUT2D eigenvalue weighted by atomic mass is 10.1. The molecular weight excluding hydrogens is 436 g/mol. The molecule has 0 radical (unpaired) electrons. The molecule has 0 aromatic heterocycles. The van der Waals surface area contributed by atoms with Crippen LogP contribution in [0.2, 0.25) is 0 Å². The molecule has 33 heavy (non-hydrogen) atoms. The Kier molecular flexibility index (Phi) is 6.28. The van der Waals surface area contributed by atoms with Crippen molar-refractivity contribution in [3.63, 3.8) is 0 Å². The van der Waals surface area contributed by atoms with E-state index in [-0.39, 0.29) is 17.1 Å². The summed E-state index contributed by atoms with van der Waals surface area (Å²) in [6.07, 6.45) is 1.17. The van der Waals surface area contributed by atoms with Crippen molar-refractivity contribution in [1.82, 2.24) is 9.80 Å². The lowest BCUT2D eigenvalue weighted by Crippen LogP contribution is -2.46. The molecule has 0 aliphatic carbocycles. The van der Waals surface area contributed by atoms with Gasteiger partial charge in [0.1, 0.15) is 11.9 Å². The number of fused-ring (bicyclic) bond motifs is 3. The summed E-state index contributed by atoms with van der Waals surface area (Å²) < 4.78 is 5.39. The second kappa shape index (κ2) is 9.49. The number of para-hydroxylation sites is 1. The number of ether oxygens (including phenoxy) is 1. The van der Waals surface area contributed by atoms with Crippen LogP contribution in [0.5, 0.6) is 0 Å². The second-order valence-electron chi connectivity index (χ2n) is 8.20. The highest BCUT2D eigenvalue weighted by atomic mass is 32.2. The summed E-state index contributed by atoms with van der Waals surface area (Å²) >= 11 is 1.36. The molecule has 2 amide bonds. The number of carbonyl (C=O) groups excluding carboxylic acids is 2. The van der Waals surface area contributed by atoms with Crippen molar-refractivity contribution in [2.45, 2.75) is 31.1 Å². The highest BCUT2D eigenvalue weighted by Gasteiger charge is 2.42. The zero-order valence-corrected chi connectivity index (χ0v) is 19.3. The first-order valence-corrected chi connectivity index (χ1v) is 12.2. The quantitative estimate of drug-likeness (QED) is 0.684. The third kappa shape index (κ3) is 4.32. The number of aliphatic imine (C=N–C) groups is 2. The van der Waals surface area contributed by atoms with Gasteiger partial charge >= 0.3 is 0 Å². The van der Waals surface area contributed by atoms with Gasteiger partial charge in [-0.25, -0.2) is 9.89 Å². The van der Waals surface area contributed by atoms with Crippen LogP contribution in [0, 0.1) is 0 Å². The van der Waals surface area contributed by atoms with Crippen molar-refractivity contribution in [2.24, 2.45) is 9.98 Å². The van der Waals surface area contributed by atoms with Crippen molar-refractivity contribution in [1.29, 1.82) is 0 Å². The Morgan fingerprint density at radius 1 is 1.12 bits per heavy atom. The minimum atomic E-state index is -0.505.